The minimum absolute atomic E-state index is 0.0980. The summed E-state index contributed by atoms with van der Waals surface area (Å²) in [5.41, 5.74) is 6.45. The molecule has 1 fully saturated rings. The number of aryl methyl sites for hydroxylation is 1. The van der Waals surface area contributed by atoms with Gasteiger partial charge in [0, 0.05) is 19.5 Å². The topological polar surface area (TPSA) is 96.5 Å². The first kappa shape index (κ1) is 14.0. The normalized spacial score (nSPS) is 16.2. The average molecular weight is 283 g/mol. The molecule has 1 unspecified atom stereocenters. The first-order valence-corrected chi connectivity index (χ1v) is 6.90. The Morgan fingerprint density at radius 3 is 2.74 bits per heavy atom. The second-order valence-electron chi connectivity index (χ2n) is 4.91. The minimum Gasteiger partial charge on any atom is -0.478 e. The van der Waals surface area contributed by atoms with Gasteiger partial charge in [0.05, 0.1) is 5.69 Å². The summed E-state index contributed by atoms with van der Waals surface area (Å²) in [5, 5.41) is 9.52. The monoisotopic (exact) mass is 283 g/mol. The van der Waals surface area contributed by atoms with Crippen LogP contribution in [0.2, 0.25) is 0 Å². The molecule has 104 valence electrons. The lowest BCUT2D eigenvalue weighted by Gasteiger charge is -2.18. The molecule has 1 aromatic rings. The number of hydrogen-bond acceptors (Lipinski definition) is 5. The van der Waals surface area contributed by atoms with Crippen LogP contribution in [0.3, 0.4) is 0 Å². The molecular weight excluding hydrogens is 266 g/mol. The number of aromatic nitrogens is 1. The molecule has 1 atom stereocenters. The van der Waals surface area contributed by atoms with Gasteiger partial charge in [-0.3, -0.25) is 4.79 Å². The van der Waals surface area contributed by atoms with Crippen molar-refractivity contribution in [2.24, 2.45) is 11.7 Å². The van der Waals surface area contributed by atoms with Crippen molar-refractivity contribution in [1.29, 1.82) is 0 Å². The van der Waals surface area contributed by atoms with E-state index in [9.17, 15) is 9.59 Å². The van der Waals surface area contributed by atoms with Crippen molar-refractivity contribution in [2.75, 3.05) is 11.9 Å². The number of rotatable bonds is 5. The Morgan fingerprint density at radius 1 is 1.58 bits per heavy atom. The molecule has 1 saturated carbocycles. The highest BCUT2D eigenvalue weighted by Crippen LogP contribution is 2.34. The minimum atomic E-state index is -1.06. The van der Waals surface area contributed by atoms with Gasteiger partial charge >= 0.3 is 5.97 Å². The number of carbonyl (C=O) groups is 2. The van der Waals surface area contributed by atoms with E-state index >= 15 is 0 Å². The van der Waals surface area contributed by atoms with Crippen LogP contribution in [0.1, 0.15) is 35.3 Å². The summed E-state index contributed by atoms with van der Waals surface area (Å²) in [4.78, 5) is 24.6. The van der Waals surface area contributed by atoms with Crippen LogP contribution in [0.15, 0.2) is 0 Å². The van der Waals surface area contributed by atoms with Gasteiger partial charge < -0.3 is 15.7 Å². The van der Waals surface area contributed by atoms with E-state index in [4.69, 9.17) is 10.8 Å². The van der Waals surface area contributed by atoms with Crippen molar-refractivity contribution >= 4 is 28.4 Å². The van der Waals surface area contributed by atoms with Gasteiger partial charge in [0.25, 0.3) is 0 Å². The number of aromatic carboxylic acids is 1. The summed E-state index contributed by atoms with van der Waals surface area (Å²) in [5.74, 6) is -0.780. The van der Waals surface area contributed by atoms with E-state index in [1.165, 1.54) is 4.90 Å². The Morgan fingerprint density at radius 2 is 2.21 bits per heavy atom. The molecule has 0 aliphatic heterocycles. The zero-order valence-corrected chi connectivity index (χ0v) is 11.7. The molecule has 1 aliphatic rings. The molecule has 7 heteroatoms. The van der Waals surface area contributed by atoms with Crippen molar-refractivity contribution in [1.82, 2.24) is 4.37 Å². The fraction of sp³-hybridized carbons (Fsp3) is 0.583. The molecule has 0 aromatic carbocycles. The maximum atomic E-state index is 12.1. The molecule has 1 aromatic heterocycles. The summed E-state index contributed by atoms with van der Waals surface area (Å²) in [7, 11) is 1.57. The third-order valence-corrected chi connectivity index (χ3v) is 4.39. The second-order valence-corrected chi connectivity index (χ2v) is 5.66. The van der Waals surface area contributed by atoms with Crippen molar-refractivity contribution in [2.45, 2.75) is 32.2 Å². The second kappa shape index (κ2) is 5.26. The number of hydrogen-bond donors (Lipinski definition) is 2. The molecule has 2 rings (SSSR count). The van der Waals surface area contributed by atoms with Crippen LogP contribution >= 0.6 is 11.5 Å². The lowest BCUT2D eigenvalue weighted by molar-refractivity contribution is -0.118. The Labute approximate surface area is 115 Å². The van der Waals surface area contributed by atoms with Crippen LogP contribution in [0, 0.1) is 12.8 Å². The quantitative estimate of drug-likeness (QED) is 0.847. The van der Waals surface area contributed by atoms with Crippen molar-refractivity contribution < 1.29 is 14.7 Å². The predicted molar refractivity (Wildman–Crippen MR) is 72.5 cm³/mol. The van der Waals surface area contributed by atoms with Crippen molar-refractivity contribution in [3.05, 3.63) is 11.3 Å². The molecule has 1 heterocycles. The number of nitrogens with two attached hydrogens (primary N) is 1. The van der Waals surface area contributed by atoms with E-state index in [1.54, 1.807) is 14.0 Å². The first-order valence-electron chi connectivity index (χ1n) is 6.13. The highest BCUT2D eigenvalue weighted by Gasteiger charge is 2.32. The fourth-order valence-corrected chi connectivity index (χ4v) is 2.84. The number of carboxylic acids is 1. The van der Waals surface area contributed by atoms with Crippen molar-refractivity contribution in [3.63, 3.8) is 0 Å². The molecule has 6 nitrogen and oxygen atoms in total. The van der Waals surface area contributed by atoms with E-state index < -0.39 is 5.97 Å². The molecule has 1 amide bonds. The SMILES string of the molecule is Cc1nsc(N(C)C(=O)CC(N)C2CC2)c1C(=O)O. The van der Waals surface area contributed by atoms with Gasteiger partial charge in [-0.05, 0) is 37.2 Å². The van der Waals surface area contributed by atoms with Gasteiger partial charge in [0.1, 0.15) is 10.6 Å². The lowest BCUT2D eigenvalue weighted by Crippen LogP contribution is -2.34. The number of carbonyl (C=O) groups excluding carboxylic acids is 1. The third-order valence-electron chi connectivity index (χ3n) is 3.38. The smallest absolute Gasteiger partial charge is 0.340 e. The van der Waals surface area contributed by atoms with E-state index in [0.717, 1.165) is 24.4 Å². The molecule has 0 saturated heterocycles. The molecule has 0 radical (unpaired) electrons. The van der Waals surface area contributed by atoms with Gasteiger partial charge in [0.2, 0.25) is 5.91 Å². The fourth-order valence-electron chi connectivity index (χ4n) is 1.98. The number of amides is 1. The average Bonchev–Trinajstić information content (AvgIpc) is 3.11. The largest absolute Gasteiger partial charge is 0.478 e. The lowest BCUT2D eigenvalue weighted by atomic mass is 10.1. The third kappa shape index (κ3) is 2.93. The highest BCUT2D eigenvalue weighted by molar-refractivity contribution is 7.11. The summed E-state index contributed by atoms with van der Waals surface area (Å²) < 4.78 is 4.00. The van der Waals surface area contributed by atoms with Crippen molar-refractivity contribution in [3.8, 4) is 0 Å². The Balaban J connectivity index is 2.12. The van der Waals surface area contributed by atoms with Crippen LogP contribution in [-0.2, 0) is 4.79 Å². The van der Waals surface area contributed by atoms with Gasteiger partial charge in [-0.2, -0.15) is 4.37 Å². The zero-order chi connectivity index (χ0) is 14.2. The standard InChI is InChI=1S/C12H17N3O3S/c1-6-10(12(17)18)11(19-14-6)15(2)9(16)5-8(13)7-3-4-7/h7-8H,3-5,13H2,1-2H3,(H,17,18). The van der Waals surface area contributed by atoms with Crippen LogP contribution in [-0.4, -0.2) is 34.4 Å². The molecule has 1 aliphatic carbocycles. The number of carboxylic acid groups (broad SMARTS) is 1. The van der Waals surface area contributed by atoms with E-state index in [0.29, 0.717) is 16.6 Å². The van der Waals surface area contributed by atoms with Gasteiger partial charge in [0.15, 0.2) is 0 Å². The van der Waals surface area contributed by atoms with E-state index in [-0.39, 0.29) is 23.9 Å². The molecular formula is C12H17N3O3S. The van der Waals surface area contributed by atoms with Crippen LogP contribution in [0.25, 0.3) is 0 Å². The predicted octanol–water partition coefficient (Wildman–Crippen LogP) is 1.24. The van der Waals surface area contributed by atoms with Crippen LogP contribution in [0.4, 0.5) is 5.00 Å². The van der Waals surface area contributed by atoms with Gasteiger partial charge in [-0.1, -0.05) is 0 Å². The first-order chi connectivity index (χ1) is 8.91. The molecule has 3 N–H and O–H groups in total. The summed E-state index contributed by atoms with van der Waals surface area (Å²) in [6, 6.07) is -0.128. The van der Waals surface area contributed by atoms with Gasteiger partial charge in [-0.25, -0.2) is 4.79 Å². The molecule has 19 heavy (non-hydrogen) atoms. The Hall–Kier alpha value is -1.47. The number of anilines is 1. The number of nitrogens with zero attached hydrogens (tertiary/aromatic N) is 2. The maximum Gasteiger partial charge on any atom is 0.340 e. The summed E-state index contributed by atoms with van der Waals surface area (Å²) >= 11 is 1.03. The highest BCUT2D eigenvalue weighted by atomic mass is 32.1. The van der Waals surface area contributed by atoms with Gasteiger partial charge in [-0.15, -0.1) is 0 Å². The summed E-state index contributed by atoms with van der Waals surface area (Å²) in [6.07, 6.45) is 2.41. The molecule has 0 spiro atoms. The van der Waals surface area contributed by atoms with E-state index in [2.05, 4.69) is 4.37 Å². The van der Waals surface area contributed by atoms with E-state index in [1.807, 2.05) is 0 Å². The zero-order valence-electron chi connectivity index (χ0n) is 10.9. The Kier molecular flexibility index (Phi) is 3.86. The molecule has 0 bridgehead atoms. The van der Waals surface area contributed by atoms with Crippen LogP contribution < -0.4 is 10.6 Å². The summed E-state index contributed by atoms with van der Waals surface area (Å²) in [6.45, 7) is 1.62. The van der Waals surface area contributed by atoms with Crippen LogP contribution in [0.5, 0.6) is 0 Å². The maximum absolute atomic E-state index is 12.1. The Bertz CT molecular complexity index is 510.